The van der Waals surface area contributed by atoms with Gasteiger partial charge in [-0.15, -0.1) is 0 Å². The Morgan fingerprint density at radius 2 is 2.23 bits per heavy atom. The zero-order valence-corrected chi connectivity index (χ0v) is 6.99. The Labute approximate surface area is 74.4 Å². The van der Waals surface area contributed by atoms with Crippen LogP contribution in [0.15, 0.2) is 6.33 Å². The van der Waals surface area contributed by atoms with E-state index in [2.05, 4.69) is 19.9 Å². The molecular weight excluding hydrogens is 168 g/mol. The molecule has 6 heteroatoms. The predicted molar refractivity (Wildman–Crippen MR) is 48.9 cm³/mol. The number of imidazole rings is 1. The quantitative estimate of drug-likeness (QED) is 0.571. The van der Waals surface area contributed by atoms with E-state index in [1.807, 2.05) is 0 Å². The number of fused-ring (bicyclic) bond motifs is 1. The van der Waals surface area contributed by atoms with Gasteiger partial charge in [-0.05, 0) is 6.54 Å². The van der Waals surface area contributed by atoms with E-state index in [1.54, 1.807) is 6.33 Å². The molecule has 0 atom stereocenters. The number of nitrogens with zero attached hydrogens (tertiary/aromatic N) is 3. The van der Waals surface area contributed by atoms with Crippen LogP contribution in [0.25, 0.3) is 11.2 Å². The summed E-state index contributed by atoms with van der Waals surface area (Å²) in [5, 5.41) is 0. The van der Waals surface area contributed by atoms with Crippen molar-refractivity contribution in [3.8, 4) is 0 Å². The number of nitrogens with one attached hydrogen (secondary N) is 1. The molecule has 0 saturated heterocycles. The summed E-state index contributed by atoms with van der Waals surface area (Å²) in [6.45, 7) is 0.513. The van der Waals surface area contributed by atoms with E-state index < -0.39 is 0 Å². The van der Waals surface area contributed by atoms with Crippen molar-refractivity contribution in [1.82, 2.24) is 19.9 Å². The minimum Gasteiger partial charge on any atom is -0.382 e. The molecule has 0 radical (unpaired) electrons. The van der Waals surface area contributed by atoms with E-state index in [0.717, 1.165) is 0 Å². The Morgan fingerprint density at radius 1 is 1.38 bits per heavy atom. The molecule has 5 N–H and O–H groups in total. The highest BCUT2D eigenvalue weighted by Gasteiger charge is 2.05. The maximum Gasteiger partial charge on any atom is 0.163 e. The second kappa shape index (κ2) is 2.98. The van der Waals surface area contributed by atoms with Crippen molar-refractivity contribution < 1.29 is 0 Å². The highest BCUT2D eigenvalue weighted by atomic mass is 15.0. The number of aromatic nitrogens is 4. The number of nitrogen functional groups attached to an aromatic ring is 1. The van der Waals surface area contributed by atoms with Crippen LogP contribution in [0.4, 0.5) is 5.82 Å². The average Bonchev–Trinajstić information content (AvgIpc) is 2.53. The van der Waals surface area contributed by atoms with Crippen LogP contribution >= 0.6 is 0 Å². The van der Waals surface area contributed by atoms with Crippen LogP contribution in [-0.4, -0.2) is 26.5 Å². The van der Waals surface area contributed by atoms with E-state index in [9.17, 15) is 0 Å². The fourth-order valence-electron chi connectivity index (χ4n) is 1.15. The summed E-state index contributed by atoms with van der Waals surface area (Å²) >= 11 is 0. The molecule has 2 aromatic rings. The zero-order chi connectivity index (χ0) is 9.26. The molecule has 0 spiro atoms. The fourth-order valence-corrected chi connectivity index (χ4v) is 1.15. The molecule has 0 saturated carbocycles. The summed E-state index contributed by atoms with van der Waals surface area (Å²) in [6, 6.07) is 0. The maximum atomic E-state index is 5.66. The lowest BCUT2D eigenvalue weighted by Crippen LogP contribution is -2.08. The van der Waals surface area contributed by atoms with Crippen LogP contribution in [0, 0.1) is 0 Å². The van der Waals surface area contributed by atoms with Crippen LogP contribution in [0.1, 0.15) is 5.82 Å². The van der Waals surface area contributed by atoms with Crippen molar-refractivity contribution in [1.29, 1.82) is 0 Å². The van der Waals surface area contributed by atoms with Crippen LogP contribution in [0.5, 0.6) is 0 Å². The van der Waals surface area contributed by atoms with Gasteiger partial charge in [-0.1, -0.05) is 0 Å². The molecule has 0 bridgehead atoms. The van der Waals surface area contributed by atoms with Gasteiger partial charge in [-0.3, -0.25) is 0 Å². The number of H-pyrrole nitrogens is 1. The van der Waals surface area contributed by atoms with Crippen molar-refractivity contribution in [2.75, 3.05) is 12.3 Å². The van der Waals surface area contributed by atoms with Crippen molar-refractivity contribution in [2.45, 2.75) is 6.42 Å². The first-order chi connectivity index (χ1) is 6.31. The van der Waals surface area contributed by atoms with Gasteiger partial charge in [0, 0.05) is 6.42 Å². The molecule has 2 aromatic heterocycles. The third kappa shape index (κ3) is 1.31. The van der Waals surface area contributed by atoms with Gasteiger partial charge in [0.05, 0.1) is 6.33 Å². The SMILES string of the molecule is NCCc1nc(N)c2nc[nH]c2n1. The number of nitrogens with two attached hydrogens (primary N) is 2. The minimum atomic E-state index is 0.398. The molecule has 2 rings (SSSR count). The van der Waals surface area contributed by atoms with Gasteiger partial charge in [-0.2, -0.15) is 0 Å². The van der Waals surface area contributed by atoms with E-state index in [0.29, 0.717) is 35.8 Å². The fraction of sp³-hybridized carbons (Fsp3) is 0.286. The molecule has 6 nitrogen and oxygen atoms in total. The first kappa shape index (κ1) is 7.93. The second-order valence-electron chi connectivity index (χ2n) is 2.66. The summed E-state index contributed by atoms with van der Waals surface area (Å²) in [7, 11) is 0. The van der Waals surface area contributed by atoms with Crippen LogP contribution in [-0.2, 0) is 6.42 Å². The van der Waals surface area contributed by atoms with E-state index in [4.69, 9.17) is 11.5 Å². The lowest BCUT2D eigenvalue weighted by Gasteiger charge is -1.98. The molecule has 13 heavy (non-hydrogen) atoms. The van der Waals surface area contributed by atoms with Gasteiger partial charge in [0.25, 0.3) is 0 Å². The lowest BCUT2D eigenvalue weighted by atomic mass is 10.4. The summed E-state index contributed by atoms with van der Waals surface area (Å²) in [4.78, 5) is 15.1. The topological polar surface area (TPSA) is 106 Å². The molecular formula is C7H10N6. The summed E-state index contributed by atoms with van der Waals surface area (Å²) in [5.41, 5.74) is 12.3. The Balaban J connectivity index is 2.56. The van der Waals surface area contributed by atoms with E-state index in [-0.39, 0.29) is 0 Å². The molecule has 0 aliphatic heterocycles. The summed E-state index contributed by atoms with van der Waals surface area (Å²) < 4.78 is 0. The second-order valence-corrected chi connectivity index (χ2v) is 2.66. The van der Waals surface area contributed by atoms with Crippen LogP contribution < -0.4 is 11.5 Å². The standard InChI is InChI=1S/C7H10N6/c8-2-1-4-12-6(9)5-7(13-4)11-3-10-5/h3H,1-2,8H2,(H3,9,10,11,12,13). The van der Waals surface area contributed by atoms with Gasteiger partial charge in [0.15, 0.2) is 11.5 Å². The molecule has 68 valence electrons. The highest BCUT2D eigenvalue weighted by molar-refractivity contribution is 5.80. The number of aromatic amines is 1. The van der Waals surface area contributed by atoms with E-state index in [1.165, 1.54) is 0 Å². The molecule has 2 heterocycles. The van der Waals surface area contributed by atoms with Gasteiger partial charge < -0.3 is 16.5 Å². The van der Waals surface area contributed by atoms with Crippen molar-refractivity contribution in [3.05, 3.63) is 12.2 Å². The van der Waals surface area contributed by atoms with Crippen molar-refractivity contribution >= 4 is 17.0 Å². The smallest absolute Gasteiger partial charge is 0.163 e. The van der Waals surface area contributed by atoms with Crippen molar-refractivity contribution in [2.24, 2.45) is 5.73 Å². The van der Waals surface area contributed by atoms with Gasteiger partial charge in [-0.25, -0.2) is 15.0 Å². The molecule has 0 aliphatic rings. The Morgan fingerprint density at radius 3 is 3.00 bits per heavy atom. The first-order valence-corrected chi connectivity index (χ1v) is 3.97. The monoisotopic (exact) mass is 178 g/mol. The van der Waals surface area contributed by atoms with Crippen LogP contribution in [0.2, 0.25) is 0 Å². The van der Waals surface area contributed by atoms with Gasteiger partial charge in [0.2, 0.25) is 0 Å². The lowest BCUT2D eigenvalue weighted by molar-refractivity contribution is 0.880. The Hall–Kier alpha value is -1.69. The normalized spacial score (nSPS) is 10.8. The van der Waals surface area contributed by atoms with Gasteiger partial charge >= 0.3 is 0 Å². The molecule has 0 amide bonds. The highest BCUT2D eigenvalue weighted by Crippen LogP contribution is 2.12. The minimum absolute atomic E-state index is 0.398. The zero-order valence-electron chi connectivity index (χ0n) is 6.99. The number of rotatable bonds is 2. The summed E-state index contributed by atoms with van der Waals surface area (Å²) in [5.74, 6) is 1.05. The molecule has 0 fully saturated rings. The predicted octanol–water partition coefficient (Wildman–Crippen LogP) is -0.564. The molecule has 0 unspecified atom stereocenters. The number of anilines is 1. The van der Waals surface area contributed by atoms with Crippen molar-refractivity contribution in [3.63, 3.8) is 0 Å². The van der Waals surface area contributed by atoms with Crippen LogP contribution in [0.3, 0.4) is 0 Å². The maximum absolute atomic E-state index is 5.66. The molecule has 0 aromatic carbocycles. The Bertz CT molecular complexity index is 420. The van der Waals surface area contributed by atoms with Gasteiger partial charge in [0.1, 0.15) is 11.3 Å². The Kier molecular flexibility index (Phi) is 1.82. The van der Waals surface area contributed by atoms with E-state index >= 15 is 0 Å². The third-order valence-corrected chi connectivity index (χ3v) is 1.72. The summed E-state index contributed by atoms with van der Waals surface area (Å²) in [6.07, 6.45) is 2.17. The average molecular weight is 178 g/mol. The third-order valence-electron chi connectivity index (χ3n) is 1.72. The number of hydrogen-bond acceptors (Lipinski definition) is 5. The molecule has 0 aliphatic carbocycles. The number of hydrogen-bond donors (Lipinski definition) is 3. The largest absolute Gasteiger partial charge is 0.382 e. The first-order valence-electron chi connectivity index (χ1n) is 3.97.